The molecular weight excluding hydrogens is 266 g/mol. The van der Waals surface area contributed by atoms with Gasteiger partial charge >= 0.3 is 0 Å². The lowest BCUT2D eigenvalue weighted by atomic mass is 10.3. The molecule has 0 amide bonds. The fraction of sp³-hybridized carbons (Fsp3) is 0.0667. The van der Waals surface area contributed by atoms with Crippen LogP contribution in [0, 0.1) is 5.41 Å². The van der Waals surface area contributed by atoms with Crippen LogP contribution < -0.4 is 15.9 Å². The summed E-state index contributed by atoms with van der Waals surface area (Å²) in [6, 6.07) is 11.9. The number of hydrogen-bond acceptors (Lipinski definition) is 3. The second-order valence-corrected chi connectivity index (χ2v) is 4.18. The van der Waals surface area contributed by atoms with Crippen LogP contribution in [0.5, 0.6) is 5.88 Å². The summed E-state index contributed by atoms with van der Waals surface area (Å²) < 4.78 is 7.34. The summed E-state index contributed by atoms with van der Waals surface area (Å²) in [7, 11) is 1.64. The lowest BCUT2D eigenvalue weighted by molar-refractivity contribution is 0.390. The van der Waals surface area contributed by atoms with Gasteiger partial charge in [-0.3, -0.25) is 9.98 Å². The molecule has 1 aromatic heterocycles. The summed E-state index contributed by atoms with van der Waals surface area (Å²) in [4.78, 5) is 0. The van der Waals surface area contributed by atoms with Gasteiger partial charge in [0.25, 0.3) is 0 Å². The third-order valence-corrected chi connectivity index (χ3v) is 2.68. The molecule has 0 aliphatic heterocycles. The van der Waals surface area contributed by atoms with Gasteiger partial charge in [0, 0.05) is 24.2 Å². The minimum atomic E-state index is -0.198. The second kappa shape index (κ2) is 6.95. The molecule has 2 rings (SSSR count). The zero-order valence-electron chi connectivity index (χ0n) is 11.7. The van der Waals surface area contributed by atoms with E-state index in [0.29, 0.717) is 0 Å². The van der Waals surface area contributed by atoms with Crippen molar-refractivity contribution in [3.63, 3.8) is 0 Å². The molecule has 21 heavy (non-hydrogen) atoms. The first kappa shape index (κ1) is 14.4. The van der Waals surface area contributed by atoms with Gasteiger partial charge < -0.3 is 10.5 Å². The number of nitrogens with one attached hydrogen (secondary N) is 2. The molecule has 1 aromatic carbocycles. The van der Waals surface area contributed by atoms with Crippen LogP contribution in [-0.2, 0) is 0 Å². The zero-order valence-corrected chi connectivity index (χ0v) is 11.7. The maximum atomic E-state index is 6.95. The van der Waals surface area contributed by atoms with Crippen LogP contribution >= 0.6 is 0 Å². The van der Waals surface area contributed by atoms with E-state index in [-0.39, 0.29) is 5.96 Å². The number of para-hydroxylation sites is 1. The molecular formula is C15H17N5O. The number of hydrazone groups is 1. The summed E-state index contributed by atoms with van der Waals surface area (Å²) in [5, 5.41) is 10.7. The van der Waals surface area contributed by atoms with Gasteiger partial charge in [0.15, 0.2) is 5.88 Å². The maximum absolute atomic E-state index is 6.95. The predicted molar refractivity (Wildman–Crippen MR) is 84.9 cm³/mol. The molecule has 0 saturated carbocycles. The van der Waals surface area contributed by atoms with Gasteiger partial charge in [0.2, 0.25) is 5.96 Å². The van der Waals surface area contributed by atoms with E-state index in [0.717, 1.165) is 17.1 Å². The van der Waals surface area contributed by atoms with Crippen molar-refractivity contribution in [2.24, 2.45) is 10.8 Å². The number of allylic oxidation sites excluding steroid dienone is 1. The van der Waals surface area contributed by atoms with Crippen LogP contribution in [0.25, 0.3) is 11.8 Å². The first-order chi connectivity index (χ1) is 10.2. The Morgan fingerprint density at radius 1 is 1.38 bits per heavy atom. The lowest BCUT2D eigenvalue weighted by Crippen LogP contribution is -2.25. The van der Waals surface area contributed by atoms with E-state index in [9.17, 15) is 0 Å². The molecule has 2 aromatic rings. The molecule has 0 aliphatic rings. The van der Waals surface area contributed by atoms with E-state index in [2.05, 4.69) is 10.5 Å². The molecule has 4 N–H and O–H groups in total. The Hall–Kier alpha value is -3.02. The highest BCUT2D eigenvalue weighted by molar-refractivity contribution is 5.81. The van der Waals surface area contributed by atoms with Crippen molar-refractivity contribution in [1.29, 1.82) is 5.41 Å². The van der Waals surface area contributed by atoms with Crippen LogP contribution in [0.1, 0.15) is 5.56 Å². The number of aromatic nitrogens is 1. The van der Waals surface area contributed by atoms with Crippen molar-refractivity contribution in [1.82, 2.24) is 9.99 Å². The van der Waals surface area contributed by atoms with Gasteiger partial charge in [-0.2, -0.15) is 5.10 Å². The molecule has 0 fully saturated rings. The summed E-state index contributed by atoms with van der Waals surface area (Å²) in [5.74, 6) is 0.552. The van der Waals surface area contributed by atoms with Crippen molar-refractivity contribution >= 4 is 18.3 Å². The number of rotatable bonds is 5. The normalized spacial score (nSPS) is 11.1. The first-order valence-corrected chi connectivity index (χ1v) is 6.32. The van der Waals surface area contributed by atoms with Crippen molar-refractivity contribution in [2.75, 3.05) is 7.11 Å². The van der Waals surface area contributed by atoms with Gasteiger partial charge in [-0.25, -0.2) is 5.43 Å². The number of benzene rings is 1. The van der Waals surface area contributed by atoms with Gasteiger partial charge in [-0.05, 0) is 23.8 Å². The molecule has 0 unspecified atom stereocenters. The molecule has 0 aliphatic carbocycles. The average molecular weight is 283 g/mol. The van der Waals surface area contributed by atoms with Crippen LogP contribution in [0.2, 0.25) is 0 Å². The molecule has 0 atom stereocenters. The second-order valence-electron chi connectivity index (χ2n) is 4.18. The van der Waals surface area contributed by atoms with E-state index < -0.39 is 0 Å². The fourth-order valence-corrected chi connectivity index (χ4v) is 1.80. The van der Waals surface area contributed by atoms with Gasteiger partial charge in [0.1, 0.15) is 0 Å². The van der Waals surface area contributed by atoms with Crippen molar-refractivity contribution in [3.8, 4) is 11.6 Å². The van der Waals surface area contributed by atoms with Crippen LogP contribution in [-0.4, -0.2) is 23.9 Å². The molecule has 6 nitrogen and oxygen atoms in total. The van der Waals surface area contributed by atoms with E-state index >= 15 is 0 Å². The van der Waals surface area contributed by atoms with Crippen LogP contribution in [0.4, 0.5) is 0 Å². The fourth-order valence-electron chi connectivity index (χ4n) is 1.80. The number of ether oxygens (including phenoxy) is 1. The van der Waals surface area contributed by atoms with Crippen LogP contribution in [0.3, 0.4) is 0 Å². The number of guanidine groups is 1. The number of nitrogens with two attached hydrogens (primary N) is 1. The van der Waals surface area contributed by atoms with Crippen molar-refractivity contribution in [2.45, 2.75) is 0 Å². The number of nitrogens with zero attached hydrogens (tertiary/aromatic N) is 2. The Morgan fingerprint density at radius 3 is 2.81 bits per heavy atom. The third kappa shape index (κ3) is 3.97. The highest BCUT2D eigenvalue weighted by Gasteiger charge is 2.05. The van der Waals surface area contributed by atoms with E-state index in [4.69, 9.17) is 15.9 Å². The standard InChI is InChI=1S/C15H17N5O/c1-21-14-10-12(6-5-9-18-19-15(16)17)11-20(14)13-7-3-2-4-8-13/h2-11H,1H3,(H4,16,17,19)/b6-5+,18-9+. The average Bonchev–Trinajstić information content (AvgIpc) is 2.91. The Kier molecular flexibility index (Phi) is 4.76. The SMILES string of the molecule is COc1cc(/C=C/C=N/NC(=N)N)cn1-c1ccccc1. The Morgan fingerprint density at radius 2 is 2.14 bits per heavy atom. The van der Waals surface area contributed by atoms with Gasteiger partial charge in [0.05, 0.1) is 7.11 Å². The first-order valence-electron chi connectivity index (χ1n) is 6.32. The molecule has 108 valence electrons. The van der Waals surface area contributed by atoms with Gasteiger partial charge in [-0.15, -0.1) is 0 Å². The molecule has 0 spiro atoms. The minimum Gasteiger partial charge on any atom is -0.482 e. The van der Waals surface area contributed by atoms with E-state index in [1.165, 1.54) is 6.21 Å². The number of methoxy groups -OCH3 is 1. The summed E-state index contributed by atoms with van der Waals surface area (Å²) >= 11 is 0. The van der Waals surface area contributed by atoms with Crippen molar-refractivity contribution in [3.05, 3.63) is 54.2 Å². The highest BCUT2D eigenvalue weighted by atomic mass is 16.5. The lowest BCUT2D eigenvalue weighted by Gasteiger charge is -2.06. The molecule has 6 heteroatoms. The third-order valence-electron chi connectivity index (χ3n) is 2.68. The van der Waals surface area contributed by atoms with Crippen LogP contribution in [0.15, 0.2) is 53.8 Å². The smallest absolute Gasteiger partial charge is 0.206 e. The van der Waals surface area contributed by atoms with E-state index in [1.807, 2.05) is 53.2 Å². The summed E-state index contributed by atoms with van der Waals surface area (Å²) in [5.41, 5.74) is 9.45. The Balaban J connectivity index is 2.16. The summed E-state index contributed by atoms with van der Waals surface area (Å²) in [6.45, 7) is 0. The molecule has 0 bridgehead atoms. The quantitative estimate of drug-likeness (QED) is 0.445. The predicted octanol–water partition coefficient (Wildman–Crippen LogP) is 1.97. The Bertz CT molecular complexity index is 658. The highest BCUT2D eigenvalue weighted by Crippen LogP contribution is 2.22. The maximum Gasteiger partial charge on any atom is 0.206 e. The Labute approximate surface area is 123 Å². The monoisotopic (exact) mass is 283 g/mol. The van der Waals surface area contributed by atoms with Gasteiger partial charge in [-0.1, -0.05) is 24.3 Å². The van der Waals surface area contributed by atoms with E-state index in [1.54, 1.807) is 13.2 Å². The molecule has 1 heterocycles. The topological polar surface area (TPSA) is 88.4 Å². The molecule has 0 radical (unpaired) electrons. The minimum absolute atomic E-state index is 0.198. The summed E-state index contributed by atoms with van der Waals surface area (Å²) in [6.07, 6.45) is 7.12. The molecule has 0 saturated heterocycles. The number of hydrogen-bond donors (Lipinski definition) is 3. The van der Waals surface area contributed by atoms with Crippen molar-refractivity contribution < 1.29 is 4.74 Å². The largest absolute Gasteiger partial charge is 0.482 e. The zero-order chi connectivity index (χ0) is 15.1.